The Morgan fingerprint density at radius 2 is 1.96 bits per heavy atom. The zero-order valence-electron chi connectivity index (χ0n) is 12.9. The fourth-order valence-corrected chi connectivity index (χ4v) is 3.02. The molecule has 1 heterocycles. The second-order valence-corrected chi connectivity index (χ2v) is 6.41. The van der Waals surface area contributed by atoms with Gasteiger partial charge in [0.05, 0.1) is 22.3 Å². The van der Waals surface area contributed by atoms with Gasteiger partial charge < -0.3 is 10.1 Å². The molecule has 1 aliphatic rings. The number of anilines is 1. The van der Waals surface area contributed by atoms with Crippen molar-refractivity contribution in [1.29, 1.82) is 0 Å². The molecular weight excluding hydrogens is 368 g/mol. The fraction of sp³-hybridized carbons (Fsp3) is 0.533. The first-order valence-corrected chi connectivity index (χ1v) is 8.02. The van der Waals surface area contributed by atoms with Crippen LogP contribution in [0.5, 0.6) is 0 Å². The highest BCUT2D eigenvalue weighted by Gasteiger charge is 2.56. The highest BCUT2D eigenvalue weighted by atomic mass is 35.5. The summed E-state index contributed by atoms with van der Waals surface area (Å²) < 4.78 is 44.1. The van der Waals surface area contributed by atoms with Gasteiger partial charge in [-0.25, -0.2) is 0 Å². The quantitative estimate of drug-likeness (QED) is 0.853. The number of amides is 1. The Morgan fingerprint density at radius 3 is 2.50 bits per heavy atom. The van der Waals surface area contributed by atoms with Crippen LogP contribution in [0.4, 0.5) is 18.9 Å². The molecule has 0 unspecified atom stereocenters. The van der Waals surface area contributed by atoms with Gasteiger partial charge in [-0.15, -0.1) is 0 Å². The van der Waals surface area contributed by atoms with E-state index >= 15 is 0 Å². The van der Waals surface area contributed by atoms with Gasteiger partial charge in [0, 0.05) is 20.2 Å². The molecule has 1 saturated heterocycles. The molecule has 1 aromatic rings. The molecule has 0 aromatic heterocycles. The minimum absolute atomic E-state index is 0.0273. The van der Waals surface area contributed by atoms with E-state index in [4.69, 9.17) is 27.9 Å². The van der Waals surface area contributed by atoms with Crippen molar-refractivity contribution in [3.8, 4) is 0 Å². The Bertz CT molecular complexity index is 603. The third kappa shape index (κ3) is 4.14. The Kier molecular flexibility index (Phi) is 6.01. The van der Waals surface area contributed by atoms with Crippen molar-refractivity contribution in [1.82, 2.24) is 4.90 Å². The normalized spacial score (nSPS) is 18.4. The van der Waals surface area contributed by atoms with Gasteiger partial charge in [-0.1, -0.05) is 29.3 Å². The van der Waals surface area contributed by atoms with E-state index in [0.717, 1.165) is 7.11 Å². The van der Waals surface area contributed by atoms with Crippen LogP contribution in [0.3, 0.4) is 0 Å². The number of piperidine rings is 1. The number of carbonyl (C=O) groups excluding carboxylic acids is 1. The lowest BCUT2D eigenvalue weighted by Gasteiger charge is -2.41. The molecule has 1 amide bonds. The van der Waals surface area contributed by atoms with Crippen molar-refractivity contribution in [3.05, 3.63) is 28.2 Å². The molecule has 0 spiro atoms. The molecule has 1 aliphatic heterocycles. The average molecular weight is 385 g/mol. The van der Waals surface area contributed by atoms with Crippen molar-refractivity contribution in [3.63, 3.8) is 0 Å². The summed E-state index contributed by atoms with van der Waals surface area (Å²) in [5, 5.41) is 3.14. The third-order valence-corrected chi connectivity index (χ3v) is 4.98. The number of alkyl halides is 3. The van der Waals surface area contributed by atoms with Gasteiger partial charge >= 0.3 is 6.18 Å². The molecule has 0 atom stereocenters. The maximum atomic E-state index is 13.1. The number of likely N-dealkylation sites (tertiary alicyclic amines) is 1. The maximum Gasteiger partial charge on any atom is 0.417 e. The SMILES string of the molecule is COC1(C(F)(F)F)CCN(CC(=O)Nc2cccc(Cl)c2Cl)CC1. The number of rotatable bonds is 4. The number of nitrogens with zero attached hydrogens (tertiary/aromatic N) is 1. The number of hydrogen-bond acceptors (Lipinski definition) is 3. The second-order valence-electron chi connectivity index (χ2n) is 5.62. The smallest absolute Gasteiger partial charge is 0.369 e. The monoisotopic (exact) mass is 384 g/mol. The zero-order chi connectivity index (χ0) is 18.0. The Morgan fingerprint density at radius 1 is 1.33 bits per heavy atom. The summed E-state index contributed by atoms with van der Waals surface area (Å²) in [6, 6.07) is 4.83. The van der Waals surface area contributed by atoms with Gasteiger partial charge in [0.1, 0.15) is 0 Å². The maximum absolute atomic E-state index is 13.1. The molecule has 4 nitrogen and oxygen atoms in total. The predicted molar refractivity (Wildman–Crippen MR) is 86.6 cm³/mol. The van der Waals surface area contributed by atoms with E-state index in [1.165, 1.54) is 0 Å². The summed E-state index contributed by atoms with van der Waals surface area (Å²) in [7, 11) is 1.07. The van der Waals surface area contributed by atoms with Crippen molar-refractivity contribution in [2.24, 2.45) is 0 Å². The molecule has 1 fully saturated rings. The lowest BCUT2D eigenvalue weighted by Crippen LogP contribution is -2.55. The second kappa shape index (κ2) is 7.47. The largest absolute Gasteiger partial charge is 0.417 e. The molecule has 0 aliphatic carbocycles. The highest BCUT2D eigenvalue weighted by molar-refractivity contribution is 6.43. The highest BCUT2D eigenvalue weighted by Crippen LogP contribution is 2.41. The molecule has 0 saturated carbocycles. The molecular formula is C15H17Cl2F3N2O2. The number of methoxy groups -OCH3 is 1. The Hall–Kier alpha value is -1.02. The Balaban J connectivity index is 1.92. The lowest BCUT2D eigenvalue weighted by atomic mass is 9.90. The lowest BCUT2D eigenvalue weighted by molar-refractivity contribution is -0.282. The van der Waals surface area contributed by atoms with E-state index in [2.05, 4.69) is 5.32 Å². The first-order valence-electron chi connectivity index (χ1n) is 7.26. The third-order valence-electron chi connectivity index (χ3n) is 4.16. The van der Waals surface area contributed by atoms with Gasteiger partial charge in [-0.2, -0.15) is 13.2 Å². The summed E-state index contributed by atoms with van der Waals surface area (Å²) in [6.45, 7) is 0.203. The summed E-state index contributed by atoms with van der Waals surface area (Å²) >= 11 is 11.8. The zero-order valence-corrected chi connectivity index (χ0v) is 14.4. The fourth-order valence-electron chi connectivity index (χ4n) is 2.67. The van der Waals surface area contributed by atoms with Crippen molar-refractivity contribution >= 4 is 34.8 Å². The molecule has 9 heteroatoms. The number of halogens is 5. The first kappa shape index (κ1) is 19.3. The van der Waals surface area contributed by atoms with Gasteiger partial charge in [0.25, 0.3) is 0 Å². The van der Waals surface area contributed by atoms with Gasteiger partial charge in [0.15, 0.2) is 5.60 Å². The van der Waals surface area contributed by atoms with Gasteiger partial charge in [0.2, 0.25) is 5.91 Å². The van der Waals surface area contributed by atoms with E-state index in [9.17, 15) is 18.0 Å². The molecule has 24 heavy (non-hydrogen) atoms. The van der Waals surface area contributed by atoms with Crippen LogP contribution in [0.25, 0.3) is 0 Å². The van der Waals surface area contributed by atoms with Crippen LogP contribution in [0, 0.1) is 0 Å². The minimum atomic E-state index is -4.43. The van der Waals surface area contributed by atoms with Crippen LogP contribution in [0.2, 0.25) is 10.0 Å². The predicted octanol–water partition coefficient (Wildman–Crippen LogP) is 3.98. The molecule has 2 rings (SSSR count). The number of ether oxygens (including phenoxy) is 1. The summed E-state index contributed by atoms with van der Waals surface area (Å²) in [5.41, 5.74) is -1.76. The van der Waals surface area contributed by atoms with Crippen molar-refractivity contribution in [2.45, 2.75) is 24.6 Å². The molecule has 134 valence electrons. The van der Waals surface area contributed by atoms with Crippen LogP contribution in [0.1, 0.15) is 12.8 Å². The first-order chi connectivity index (χ1) is 11.2. The number of nitrogens with one attached hydrogen (secondary N) is 1. The van der Waals surface area contributed by atoms with E-state index in [1.807, 2.05) is 0 Å². The number of hydrogen-bond donors (Lipinski definition) is 1. The topological polar surface area (TPSA) is 41.6 Å². The minimum Gasteiger partial charge on any atom is -0.369 e. The molecule has 1 N–H and O–H groups in total. The summed E-state index contributed by atoms with van der Waals surface area (Å²) in [6.07, 6.45) is -4.85. The van der Waals surface area contributed by atoms with Crippen LogP contribution >= 0.6 is 23.2 Å². The average Bonchev–Trinajstić information content (AvgIpc) is 2.51. The van der Waals surface area contributed by atoms with Crippen LogP contribution < -0.4 is 5.32 Å². The van der Waals surface area contributed by atoms with Gasteiger partial charge in [-0.3, -0.25) is 9.69 Å². The van der Waals surface area contributed by atoms with E-state index in [-0.39, 0.29) is 43.4 Å². The summed E-state index contributed by atoms with van der Waals surface area (Å²) in [5.74, 6) is -0.365. The number of benzene rings is 1. The molecule has 1 aromatic carbocycles. The van der Waals surface area contributed by atoms with Crippen LogP contribution in [-0.2, 0) is 9.53 Å². The van der Waals surface area contributed by atoms with E-state index in [1.54, 1.807) is 23.1 Å². The summed E-state index contributed by atoms with van der Waals surface area (Å²) in [4.78, 5) is 13.7. The molecule has 0 bridgehead atoms. The van der Waals surface area contributed by atoms with E-state index in [0.29, 0.717) is 10.7 Å². The van der Waals surface area contributed by atoms with Crippen LogP contribution in [-0.4, -0.2) is 49.3 Å². The van der Waals surface area contributed by atoms with Crippen molar-refractivity contribution < 1.29 is 22.7 Å². The van der Waals surface area contributed by atoms with E-state index < -0.39 is 11.8 Å². The Labute approximate surface area is 147 Å². The standard InChI is InChI=1S/C15H17Cl2F3N2O2/c1-24-14(15(18,19)20)5-7-22(8-6-14)9-12(23)21-11-4-2-3-10(16)13(11)17/h2-4H,5-9H2,1H3,(H,21,23). The molecule has 0 radical (unpaired) electrons. The van der Waals surface area contributed by atoms with Gasteiger partial charge in [-0.05, 0) is 25.0 Å². The number of carbonyl (C=O) groups is 1. The van der Waals surface area contributed by atoms with Crippen LogP contribution in [0.15, 0.2) is 18.2 Å². The van der Waals surface area contributed by atoms with Crippen molar-refractivity contribution in [2.75, 3.05) is 32.1 Å².